The fourth-order valence-electron chi connectivity index (χ4n) is 2.93. The van der Waals surface area contributed by atoms with Crippen molar-refractivity contribution in [3.05, 3.63) is 88.5 Å². The van der Waals surface area contributed by atoms with Crippen molar-refractivity contribution in [1.82, 2.24) is 0 Å². The number of ether oxygens (including phenoxy) is 1. The van der Waals surface area contributed by atoms with Crippen LogP contribution in [-0.4, -0.2) is 32.9 Å². The summed E-state index contributed by atoms with van der Waals surface area (Å²) >= 11 is 0. The van der Waals surface area contributed by atoms with Crippen LogP contribution in [0.1, 0.15) is 5.56 Å². The zero-order valence-electron chi connectivity index (χ0n) is 17.4. The molecule has 0 aliphatic rings. The summed E-state index contributed by atoms with van der Waals surface area (Å²) in [6, 6.07) is 18.7. The first-order valence-electron chi connectivity index (χ1n) is 9.51. The molecule has 0 aromatic heterocycles. The monoisotopic (exact) mass is 455 g/mol. The number of hydrogen-bond donors (Lipinski definition) is 1. The number of hydrogen-bond acceptors (Lipinski definition) is 6. The van der Waals surface area contributed by atoms with Gasteiger partial charge in [0.1, 0.15) is 5.75 Å². The van der Waals surface area contributed by atoms with Gasteiger partial charge in [-0.25, -0.2) is 8.42 Å². The van der Waals surface area contributed by atoms with E-state index in [1.54, 1.807) is 55.5 Å². The van der Waals surface area contributed by atoms with E-state index >= 15 is 0 Å². The van der Waals surface area contributed by atoms with Gasteiger partial charge in [-0.2, -0.15) is 0 Å². The Morgan fingerprint density at radius 1 is 1.03 bits per heavy atom. The first-order valence-corrected chi connectivity index (χ1v) is 10.9. The van der Waals surface area contributed by atoms with E-state index in [0.29, 0.717) is 22.7 Å². The van der Waals surface area contributed by atoms with E-state index in [0.717, 1.165) is 4.31 Å². The molecule has 0 heterocycles. The summed E-state index contributed by atoms with van der Waals surface area (Å²) < 4.78 is 32.0. The van der Waals surface area contributed by atoms with E-state index in [-0.39, 0.29) is 17.2 Å². The highest BCUT2D eigenvalue weighted by molar-refractivity contribution is 7.92. The van der Waals surface area contributed by atoms with Crippen molar-refractivity contribution in [3.8, 4) is 5.75 Å². The number of carbonyl (C=O) groups excluding carboxylic acids is 1. The van der Waals surface area contributed by atoms with Crippen LogP contribution in [0, 0.1) is 17.0 Å². The molecule has 0 saturated heterocycles. The number of sulfonamides is 1. The summed E-state index contributed by atoms with van der Waals surface area (Å²) in [5.74, 6) is -0.119. The molecule has 10 heteroatoms. The summed E-state index contributed by atoms with van der Waals surface area (Å²) in [6.07, 6.45) is 0. The molecule has 0 atom stereocenters. The molecular weight excluding hydrogens is 434 g/mol. The Morgan fingerprint density at radius 3 is 2.31 bits per heavy atom. The average Bonchev–Trinajstić information content (AvgIpc) is 2.79. The van der Waals surface area contributed by atoms with Crippen molar-refractivity contribution in [3.63, 3.8) is 0 Å². The predicted octanol–water partition coefficient (Wildman–Crippen LogP) is 3.75. The predicted molar refractivity (Wildman–Crippen MR) is 120 cm³/mol. The minimum atomic E-state index is -3.70. The minimum absolute atomic E-state index is 0.0890. The second kappa shape index (κ2) is 9.48. The van der Waals surface area contributed by atoms with Crippen LogP contribution in [0.2, 0.25) is 0 Å². The van der Waals surface area contributed by atoms with Gasteiger partial charge in [0.25, 0.3) is 21.6 Å². The standard InChI is InChI=1S/C22H21N3O6S/c1-16-20(9-6-10-21(16)25(27)28)23-22(26)15-31-18-13-11-17(12-14-18)24(2)32(29,30)19-7-4-3-5-8-19/h3-14H,15H2,1-2H3,(H,23,26). The van der Waals surface area contributed by atoms with Crippen molar-refractivity contribution >= 4 is 33.0 Å². The topological polar surface area (TPSA) is 119 Å². The molecule has 9 nitrogen and oxygen atoms in total. The van der Waals surface area contributed by atoms with E-state index in [4.69, 9.17) is 4.74 Å². The van der Waals surface area contributed by atoms with Crippen LogP contribution in [0.3, 0.4) is 0 Å². The number of amides is 1. The largest absolute Gasteiger partial charge is 0.484 e. The van der Waals surface area contributed by atoms with E-state index in [9.17, 15) is 23.3 Å². The van der Waals surface area contributed by atoms with Crippen molar-refractivity contribution < 1.29 is 22.9 Å². The van der Waals surface area contributed by atoms with E-state index < -0.39 is 20.9 Å². The number of nitro benzene ring substituents is 1. The van der Waals surface area contributed by atoms with Crippen LogP contribution >= 0.6 is 0 Å². The molecule has 3 rings (SSSR count). The van der Waals surface area contributed by atoms with Gasteiger partial charge in [-0.15, -0.1) is 0 Å². The Labute approximate surface area is 185 Å². The maximum absolute atomic E-state index is 12.7. The maximum atomic E-state index is 12.7. The Balaban J connectivity index is 1.62. The molecule has 0 saturated carbocycles. The molecule has 0 bridgehead atoms. The highest BCUT2D eigenvalue weighted by Crippen LogP contribution is 2.26. The quantitative estimate of drug-likeness (QED) is 0.408. The molecule has 1 N–H and O–H groups in total. The summed E-state index contributed by atoms with van der Waals surface area (Å²) in [7, 11) is -2.25. The fraction of sp³-hybridized carbons (Fsp3) is 0.136. The first kappa shape index (κ1) is 22.8. The third kappa shape index (κ3) is 5.03. The molecule has 0 spiro atoms. The number of nitrogens with zero attached hydrogens (tertiary/aromatic N) is 2. The van der Waals surface area contributed by atoms with Crippen LogP contribution in [-0.2, 0) is 14.8 Å². The third-order valence-corrected chi connectivity index (χ3v) is 6.55. The van der Waals surface area contributed by atoms with Crippen molar-refractivity contribution in [2.24, 2.45) is 0 Å². The summed E-state index contributed by atoms with van der Waals surface area (Å²) in [5, 5.41) is 13.6. The summed E-state index contributed by atoms with van der Waals surface area (Å²) in [5.41, 5.74) is 1.01. The van der Waals surface area contributed by atoms with Gasteiger partial charge in [-0.1, -0.05) is 24.3 Å². The second-order valence-corrected chi connectivity index (χ2v) is 8.79. The molecule has 0 radical (unpaired) electrons. The molecule has 32 heavy (non-hydrogen) atoms. The lowest BCUT2D eigenvalue weighted by molar-refractivity contribution is -0.385. The molecule has 0 aliphatic heterocycles. The van der Waals surface area contributed by atoms with Crippen molar-refractivity contribution in [1.29, 1.82) is 0 Å². The van der Waals surface area contributed by atoms with Gasteiger partial charge in [0.2, 0.25) is 0 Å². The highest BCUT2D eigenvalue weighted by Gasteiger charge is 2.21. The molecule has 3 aromatic rings. The van der Waals surface area contributed by atoms with Crippen LogP contribution < -0.4 is 14.4 Å². The Kier molecular flexibility index (Phi) is 6.74. The molecule has 3 aromatic carbocycles. The zero-order chi connectivity index (χ0) is 23.3. The van der Waals surface area contributed by atoms with Gasteiger partial charge in [0, 0.05) is 13.1 Å². The third-order valence-electron chi connectivity index (χ3n) is 4.75. The number of benzene rings is 3. The lowest BCUT2D eigenvalue weighted by atomic mass is 10.1. The van der Waals surface area contributed by atoms with Crippen LogP contribution in [0.5, 0.6) is 5.75 Å². The van der Waals surface area contributed by atoms with Gasteiger partial charge in [-0.3, -0.25) is 19.2 Å². The van der Waals surface area contributed by atoms with Gasteiger partial charge in [-0.05, 0) is 49.4 Å². The number of carbonyl (C=O) groups is 1. The molecule has 0 fully saturated rings. The van der Waals surface area contributed by atoms with Crippen LogP contribution in [0.25, 0.3) is 0 Å². The number of nitro groups is 1. The Bertz CT molecular complexity index is 1230. The average molecular weight is 455 g/mol. The Hall–Kier alpha value is -3.92. The highest BCUT2D eigenvalue weighted by atomic mass is 32.2. The minimum Gasteiger partial charge on any atom is -0.484 e. The lowest BCUT2D eigenvalue weighted by Crippen LogP contribution is -2.26. The molecule has 0 unspecified atom stereocenters. The van der Waals surface area contributed by atoms with Crippen molar-refractivity contribution in [2.45, 2.75) is 11.8 Å². The maximum Gasteiger partial charge on any atom is 0.274 e. The molecule has 166 valence electrons. The summed E-state index contributed by atoms with van der Waals surface area (Å²) in [6.45, 7) is 1.23. The van der Waals surface area contributed by atoms with Crippen LogP contribution in [0.15, 0.2) is 77.7 Å². The van der Waals surface area contributed by atoms with E-state index in [1.165, 1.54) is 31.3 Å². The first-order chi connectivity index (χ1) is 15.2. The van der Waals surface area contributed by atoms with Crippen LogP contribution in [0.4, 0.5) is 17.1 Å². The molecular formula is C22H21N3O6S. The van der Waals surface area contributed by atoms with Gasteiger partial charge in [0.05, 0.1) is 26.8 Å². The normalized spacial score (nSPS) is 10.9. The smallest absolute Gasteiger partial charge is 0.274 e. The SMILES string of the molecule is Cc1c(NC(=O)COc2ccc(N(C)S(=O)(=O)c3ccccc3)cc2)cccc1[N+](=O)[O-]. The molecule has 0 aliphatic carbocycles. The second-order valence-electron chi connectivity index (χ2n) is 6.82. The molecule has 1 amide bonds. The van der Waals surface area contributed by atoms with E-state index in [2.05, 4.69) is 5.32 Å². The fourth-order valence-corrected chi connectivity index (χ4v) is 4.15. The Morgan fingerprint density at radius 2 is 1.69 bits per heavy atom. The lowest BCUT2D eigenvalue weighted by Gasteiger charge is -2.19. The summed E-state index contributed by atoms with van der Waals surface area (Å²) in [4.78, 5) is 22.9. The van der Waals surface area contributed by atoms with Gasteiger partial charge in [0.15, 0.2) is 6.61 Å². The van der Waals surface area contributed by atoms with Crippen molar-refractivity contribution in [2.75, 3.05) is 23.3 Å². The van der Waals surface area contributed by atoms with Gasteiger partial charge < -0.3 is 10.1 Å². The number of nitrogens with one attached hydrogen (secondary N) is 1. The number of rotatable bonds is 8. The number of anilines is 2. The van der Waals surface area contributed by atoms with E-state index in [1.807, 2.05) is 0 Å². The zero-order valence-corrected chi connectivity index (χ0v) is 18.2. The van der Waals surface area contributed by atoms with Gasteiger partial charge >= 0.3 is 0 Å².